The molecule has 1 aliphatic heterocycles. The van der Waals surface area contributed by atoms with E-state index in [9.17, 15) is 4.79 Å². The number of amides is 1. The van der Waals surface area contributed by atoms with Gasteiger partial charge in [-0.2, -0.15) is 0 Å². The van der Waals surface area contributed by atoms with Crippen LogP contribution in [-0.2, 0) is 4.79 Å². The van der Waals surface area contributed by atoms with Crippen molar-refractivity contribution in [1.82, 2.24) is 10.2 Å². The van der Waals surface area contributed by atoms with Crippen LogP contribution in [0.2, 0.25) is 0 Å². The zero-order valence-electron chi connectivity index (χ0n) is 9.88. The van der Waals surface area contributed by atoms with Gasteiger partial charge in [0.1, 0.15) is 0 Å². The minimum atomic E-state index is 0.135. The molecule has 2 rings (SSSR count). The predicted molar refractivity (Wildman–Crippen MR) is 60.7 cm³/mol. The lowest BCUT2D eigenvalue weighted by molar-refractivity contribution is -0.129. The first-order valence-corrected chi connectivity index (χ1v) is 6.13. The molecule has 0 radical (unpaired) electrons. The van der Waals surface area contributed by atoms with Crippen molar-refractivity contribution in [2.24, 2.45) is 0 Å². The fourth-order valence-corrected chi connectivity index (χ4v) is 2.86. The highest BCUT2D eigenvalue weighted by molar-refractivity contribution is 5.79. The number of nitrogens with zero attached hydrogens (tertiary/aromatic N) is 1. The molecule has 0 atom stereocenters. The van der Waals surface area contributed by atoms with Gasteiger partial charge in [0, 0.05) is 18.1 Å². The third-order valence-electron chi connectivity index (χ3n) is 3.83. The molecule has 0 aromatic heterocycles. The molecule has 1 N–H and O–H groups in total. The number of carbonyl (C=O) groups excluding carboxylic acids is 1. The summed E-state index contributed by atoms with van der Waals surface area (Å²) in [4.78, 5) is 13.9. The van der Waals surface area contributed by atoms with Gasteiger partial charge in [-0.1, -0.05) is 19.3 Å². The van der Waals surface area contributed by atoms with Gasteiger partial charge in [-0.25, -0.2) is 0 Å². The first-order chi connectivity index (χ1) is 7.09. The van der Waals surface area contributed by atoms with Crippen molar-refractivity contribution in [3.05, 3.63) is 0 Å². The minimum Gasteiger partial charge on any atom is -0.353 e. The SMILES string of the molecule is CC1(C)CNC(=O)CN1C1CCCCC1. The monoisotopic (exact) mass is 210 g/mol. The van der Waals surface area contributed by atoms with E-state index >= 15 is 0 Å². The van der Waals surface area contributed by atoms with Crippen LogP contribution in [0, 0.1) is 0 Å². The van der Waals surface area contributed by atoms with Crippen molar-refractivity contribution in [2.45, 2.75) is 57.5 Å². The van der Waals surface area contributed by atoms with Gasteiger partial charge in [0.15, 0.2) is 0 Å². The molecule has 3 heteroatoms. The minimum absolute atomic E-state index is 0.135. The van der Waals surface area contributed by atoms with Gasteiger partial charge >= 0.3 is 0 Å². The van der Waals surface area contributed by atoms with Crippen LogP contribution in [0.4, 0.5) is 0 Å². The second-order valence-electron chi connectivity index (χ2n) is 5.51. The number of hydrogen-bond acceptors (Lipinski definition) is 2. The van der Waals surface area contributed by atoms with E-state index in [1.165, 1.54) is 32.1 Å². The molecule has 0 aromatic rings. The summed E-state index contributed by atoms with van der Waals surface area (Å²) in [5.41, 5.74) is 0.135. The Kier molecular flexibility index (Phi) is 3.01. The Labute approximate surface area is 92.2 Å². The molecule has 86 valence electrons. The quantitative estimate of drug-likeness (QED) is 0.712. The lowest BCUT2D eigenvalue weighted by atomic mass is 9.89. The molecule has 1 saturated heterocycles. The molecule has 2 aliphatic rings. The molecule has 3 nitrogen and oxygen atoms in total. The van der Waals surface area contributed by atoms with Gasteiger partial charge < -0.3 is 5.32 Å². The van der Waals surface area contributed by atoms with Crippen LogP contribution >= 0.6 is 0 Å². The highest BCUT2D eigenvalue weighted by Crippen LogP contribution is 2.29. The Morgan fingerprint density at radius 3 is 2.60 bits per heavy atom. The first kappa shape index (κ1) is 10.9. The lowest BCUT2D eigenvalue weighted by Crippen LogP contribution is -2.63. The third kappa shape index (κ3) is 2.33. The van der Waals surface area contributed by atoms with E-state index < -0.39 is 0 Å². The van der Waals surface area contributed by atoms with Crippen molar-refractivity contribution in [3.8, 4) is 0 Å². The van der Waals surface area contributed by atoms with Crippen LogP contribution in [-0.4, -0.2) is 35.5 Å². The molecule has 1 amide bonds. The molecule has 0 spiro atoms. The summed E-state index contributed by atoms with van der Waals surface area (Å²) in [6.07, 6.45) is 6.59. The zero-order chi connectivity index (χ0) is 10.9. The third-order valence-corrected chi connectivity index (χ3v) is 3.83. The number of carbonyl (C=O) groups is 1. The van der Waals surface area contributed by atoms with Crippen molar-refractivity contribution in [3.63, 3.8) is 0 Å². The molecular formula is C12H22N2O. The molecular weight excluding hydrogens is 188 g/mol. The van der Waals surface area contributed by atoms with Gasteiger partial charge in [0.25, 0.3) is 0 Å². The van der Waals surface area contributed by atoms with Crippen LogP contribution in [0.25, 0.3) is 0 Å². The Bertz CT molecular complexity index is 244. The largest absolute Gasteiger partial charge is 0.353 e. The highest BCUT2D eigenvalue weighted by atomic mass is 16.2. The normalized spacial score (nSPS) is 28.8. The molecule has 15 heavy (non-hydrogen) atoms. The Morgan fingerprint density at radius 2 is 1.93 bits per heavy atom. The van der Waals surface area contributed by atoms with E-state index in [-0.39, 0.29) is 11.4 Å². The molecule has 1 heterocycles. The molecule has 1 aliphatic carbocycles. The second kappa shape index (κ2) is 4.12. The van der Waals surface area contributed by atoms with Gasteiger partial charge in [-0.3, -0.25) is 9.69 Å². The Hall–Kier alpha value is -0.570. The Balaban J connectivity index is 2.06. The van der Waals surface area contributed by atoms with E-state index in [1.807, 2.05) is 0 Å². The zero-order valence-corrected chi connectivity index (χ0v) is 9.88. The lowest BCUT2D eigenvalue weighted by Gasteiger charge is -2.47. The van der Waals surface area contributed by atoms with Gasteiger partial charge in [0.05, 0.1) is 6.54 Å². The van der Waals surface area contributed by atoms with Crippen LogP contribution in [0.3, 0.4) is 0 Å². The number of rotatable bonds is 1. The average molecular weight is 210 g/mol. The summed E-state index contributed by atoms with van der Waals surface area (Å²) >= 11 is 0. The standard InChI is InChI=1S/C12H22N2O/c1-12(2)9-13-11(15)8-14(12)10-6-4-3-5-7-10/h10H,3-9H2,1-2H3,(H,13,15). The first-order valence-electron chi connectivity index (χ1n) is 6.13. The fourth-order valence-electron chi connectivity index (χ4n) is 2.86. The summed E-state index contributed by atoms with van der Waals surface area (Å²) in [5.74, 6) is 0.194. The predicted octanol–water partition coefficient (Wildman–Crippen LogP) is 1.53. The van der Waals surface area contributed by atoms with Crippen LogP contribution in [0.15, 0.2) is 0 Å². The smallest absolute Gasteiger partial charge is 0.234 e. The van der Waals surface area contributed by atoms with Crippen LogP contribution in [0.1, 0.15) is 46.0 Å². The number of piperazine rings is 1. The van der Waals surface area contributed by atoms with Gasteiger partial charge in [-0.15, -0.1) is 0 Å². The van der Waals surface area contributed by atoms with Gasteiger partial charge in [-0.05, 0) is 26.7 Å². The molecule has 0 bridgehead atoms. The van der Waals surface area contributed by atoms with Crippen molar-refractivity contribution >= 4 is 5.91 Å². The van der Waals surface area contributed by atoms with Crippen molar-refractivity contribution in [1.29, 1.82) is 0 Å². The topological polar surface area (TPSA) is 32.3 Å². The summed E-state index contributed by atoms with van der Waals surface area (Å²) in [6.45, 7) is 5.86. The molecule has 0 aromatic carbocycles. The molecule has 2 fully saturated rings. The van der Waals surface area contributed by atoms with Crippen molar-refractivity contribution < 1.29 is 4.79 Å². The van der Waals surface area contributed by atoms with Crippen LogP contribution < -0.4 is 5.32 Å². The van der Waals surface area contributed by atoms with Crippen LogP contribution in [0.5, 0.6) is 0 Å². The second-order valence-corrected chi connectivity index (χ2v) is 5.51. The van der Waals surface area contributed by atoms with E-state index in [4.69, 9.17) is 0 Å². The summed E-state index contributed by atoms with van der Waals surface area (Å²) in [5, 5.41) is 2.96. The van der Waals surface area contributed by atoms with Gasteiger partial charge in [0.2, 0.25) is 5.91 Å². The fraction of sp³-hybridized carbons (Fsp3) is 0.917. The Morgan fingerprint density at radius 1 is 1.27 bits per heavy atom. The summed E-state index contributed by atoms with van der Waals surface area (Å²) in [6, 6.07) is 0.639. The summed E-state index contributed by atoms with van der Waals surface area (Å²) in [7, 11) is 0. The maximum absolute atomic E-state index is 11.5. The van der Waals surface area contributed by atoms with E-state index in [2.05, 4.69) is 24.1 Å². The van der Waals surface area contributed by atoms with E-state index in [1.54, 1.807) is 0 Å². The van der Waals surface area contributed by atoms with E-state index in [0.29, 0.717) is 12.6 Å². The maximum Gasteiger partial charge on any atom is 0.234 e. The number of hydrogen-bond donors (Lipinski definition) is 1. The summed E-state index contributed by atoms with van der Waals surface area (Å²) < 4.78 is 0. The average Bonchev–Trinajstić information content (AvgIpc) is 2.23. The molecule has 0 unspecified atom stereocenters. The number of nitrogens with one attached hydrogen (secondary N) is 1. The molecule has 1 saturated carbocycles. The van der Waals surface area contributed by atoms with E-state index in [0.717, 1.165) is 6.54 Å². The highest BCUT2D eigenvalue weighted by Gasteiger charge is 2.37. The van der Waals surface area contributed by atoms with Crippen molar-refractivity contribution in [2.75, 3.05) is 13.1 Å². The maximum atomic E-state index is 11.5.